The molecule has 2 aromatic carbocycles. The van der Waals surface area contributed by atoms with E-state index in [1.807, 2.05) is 36.4 Å². The minimum atomic E-state index is -0.970. The topological polar surface area (TPSA) is 46.5 Å². The Labute approximate surface area is 117 Å². The van der Waals surface area contributed by atoms with Gasteiger partial charge in [0.2, 0.25) is 0 Å². The molecule has 0 spiro atoms. The van der Waals surface area contributed by atoms with E-state index in [0.717, 1.165) is 10.8 Å². The second-order valence-electron chi connectivity index (χ2n) is 3.16. The van der Waals surface area contributed by atoms with Gasteiger partial charge >= 0.3 is 35.5 Å². The van der Waals surface area contributed by atoms with E-state index in [0.29, 0.717) is 5.75 Å². The molecule has 0 amide bonds. The van der Waals surface area contributed by atoms with Crippen molar-refractivity contribution in [2.24, 2.45) is 0 Å². The zero-order valence-electron chi connectivity index (χ0n) is 10.0. The maximum absolute atomic E-state index is 10.4. The summed E-state index contributed by atoms with van der Waals surface area (Å²) in [5, 5.41) is 10.5. The van der Waals surface area contributed by atoms with Crippen molar-refractivity contribution >= 4 is 16.7 Å². The molecule has 0 aromatic heterocycles. The van der Waals surface area contributed by atoms with Gasteiger partial charge in [0, 0.05) is 5.39 Å². The Balaban J connectivity index is 0.00000128. The number of hydrogen-bond donors (Lipinski definition) is 1. The number of aliphatic carboxylic acids is 1. The first kappa shape index (κ1) is 13.0. The SMILES string of the molecule is O=C(O)COc1cccc2ccccc12.[H-].[Na+]. The summed E-state index contributed by atoms with van der Waals surface area (Å²) < 4.78 is 5.18. The smallest absolute Gasteiger partial charge is 1.00 e. The number of carbonyl (C=O) groups is 1. The van der Waals surface area contributed by atoms with Crippen molar-refractivity contribution in [3.05, 3.63) is 42.5 Å². The average Bonchev–Trinajstić information content (AvgIpc) is 2.26. The van der Waals surface area contributed by atoms with Crippen LogP contribution in [-0.2, 0) is 4.79 Å². The minimum Gasteiger partial charge on any atom is -1.00 e. The molecule has 0 aliphatic heterocycles. The standard InChI is InChI=1S/C12H10O3.Na.H/c13-12(14)8-15-11-7-3-5-9-4-1-2-6-10(9)11;;/h1-7H,8H2,(H,13,14);;/q;+1;-1. The summed E-state index contributed by atoms with van der Waals surface area (Å²) in [5.41, 5.74) is 0. The van der Waals surface area contributed by atoms with Gasteiger partial charge in [-0.15, -0.1) is 0 Å². The number of rotatable bonds is 3. The predicted molar refractivity (Wildman–Crippen MR) is 58.2 cm³/mol. The van der Waals surface area contributed by atoms with E-state index in [4.69, 9.17) is 9.84 Å². The maximum Gasteiger partial charge on any atom is 1.00 e. The molecule has 2 aromatic rings. The fraction of sp³-hybridized carbons (Fsp3) is 0.0833. The first-order valence-corrected chi connectivity index (χ1v) is 4.60. The summed E-state index contributed by atoms with van der Waals surface area (Å²) >= 11 is 0. The van der Waals surface area contributed by atoms with Crippen LogP contribution in [0.1, 0.15) is 1.43 Å². The van der Waals surface area contributed by atoms with E-state index in [9.17, 15) is 4.79 Å². The first-order chi connectivity index (χ1) is 7.27. The number of hydrogen-bond acceptors (Lipinski definition) is 2. The molecule has 0 unspecified atom stereocenters. The van der Waals surface area contributed by atoms with Crippen LogP contribution in [-0.4, -0.2) is 17.7 Å². The summed E-state index contributed by atoms with van der Waals surface area (Å²) in [5.74, 6) is -0.363. The molecule has 78 valence electrons. The average molecular weight is 226 g/mol. The van der Waals surface area contributed by atoms with Gasteiger partial charge in [-0.25, -0.2) is 4.79 Å². The van der Waals surface area contributed by atoms with Crippen molar-refractivity contribution in [1.29, 1.82) is 0 Å². The van der Waals surface area contributed by atoms with Crippen LogP contribution in [0.4, 0.5) is 0 Å². The van der Waals surface area contributed by atoms with Crippen LogP contribution in [0.25, 0.3) is 10.8 Å². The summed E-state index contributed by atoms with van der Waals surface area (Å²) in [4.78, 5) is 10.4. The van der Waals surface area contributed by atoms with Crippen LogP contribution in [0.15, 0.2) is 42.5 Å². The predicted octanol–water partition coefficient (Wildman–Crippen LogP) is -0.580. The van der Waals surface area contributed by atoms with Crippen molar-refractivity contribution < 1.29 is 45.6 Å². The molecule has 3 nitrogen and oxygen atoms in total. The Hall–Kier alpha value is -1.03. The van der Waals surface area contributed by atoms with Crippen molar-refractivity contribution in [1.82, 2.24) is 0 Å². The van der Waals surface area contributed by atoms with Gasteiger partial charge in [-0.3, -0.25) is 0 Å². The molecular formula is C12H11NaO3. The maximum atomic E-state index is 10.4. The molecule has 0 aliphatic rings. The Kier molecular flexibility index (Phi) is 4.80. The summed E-state index contributed by atoms with van der Waals surface area (Å²) in [6, 6.07) is 13.3. The van der Waals surface area contributed by atoms with E-state index in [2.05, 4.69) is 0 Å². The molecular weight excluding hydrogens is 215 g/mol. The van der Waals surface area contributed by atoms with Crippen LogP contribution in [0.2, 0.25) is 0 Å². The summed E-state index contributed by atoms with van der Waals surface area (Å²) in [7, 11) is 0. The first-order valence-electron chi connectivity index (χ1n) is 4.60. The van der Waals surface area contributed by atoms with Gasteiger partial charge in [-0.1, -0.05) is 36.4 Å². The van der Waals surface area contributed by atoms with Crippen LogP contribution >= 0.6 is 0 Å². The number of fused-ring (bicyclic) bond motifs is 1. The van der Waals surface area contributed by atoms with Crippen molar-refractivity contribution in [2.75, 3.05) is 6.61 Å². The van der Waals surface area contributed by atoms with E-state index >= 15 is 0 Å². The Bertz CT molecular complexity index is 497. The molecule has 0 fully saturated rings. The summed E-state index contributed by atoms with van der Waals surface area (Å²) in [6.45, 7) is -0.312. The molecule has 16 heavy (non-hydrogen) atoms. The van der Waals surface area contributed by atoms with E-state index < -0.39 is 5.97 Å². The van der Waals surface area contributed by atoms with Crippen LogP contribution in [0.5, 0.6) is 5.75 Å². The zero-order valence-corrected chi connectivity index (χ0v) is 11.0. The quantitative estimate of drug-likeness (QED) is 0.712. The molecule has 0 aliphatic carbocycles. The van der Waals surface area contributed by atoms with Crippen molar-refractivity contribution in [3.63, 3.8) is 0 Å². The fourth-order valence-electron chi connectivity index (χ4n) is 1.46. The van der Waals surface area contributed by atoms with Gasteiger partial charge < -0.3 is 11.3 Å². The molecule has 0 bridgehead atoms. The van der Waals surface area contributed by atoms with E-state index in [-0.39, 0.29) is 37.6 Å². The van der Waals surface area contributed by atoms with Crippen molar-refractivity contribution in [2.45, 2.75) is 0 Å². The molecule has 2 rings (SSSR count). The molecule has 0 heterocycles. The normalized spacial score (nSPS) is 9.50. The van der Waals surface area contributed by atoms with Crippen LogP contribution < -0.4 is 34.3 Å². The van der Waals surface area contributed by atoms with E-state index in [1.165, 1.54) is 0 Å². The minimum absolute atomic E-state index is 0. The third-order valence-electron chi connectivity index (χ3n) is 2.10. The Morgan fingerprint density at radius 3 is 2.62 bits per heavy atom. The molecule has 4 heteroatoms. The molecule has 0 saturated heterocycles. The Morgan fingerprint density at radius 2 is 1.88 bits per heavy atom. The van der Waals surface area contributed by atoms with Crippen LogP contribution in [0.3, 0.4) is 0 Å². The second kappa shape index (κ2) is 5.89. The molecule has 0 saturated carbocycles. The van der Waals surface area contributed by atoms with Gasteiger partial charge in [0.15, 0.2) is 6.61 Å². The van der Waals surface area contributed by atoms with Gasteiger partial charge in [0.25, 0.3) is 0 Å². The second-order valence-corrected chi connectivity index (χ2v) is 3.16. The zero-order chi connectivity index (χ0) is 10.7. The van der Waals surface area contributed by atoms with Crippen molar-refractivity contribution in [3.8, 4) is 5.75 Å². The third-order valence-corrected chi connectivity index (χ3v) is 2.10. The number of ether oxygens (including phenoxy) is 1. The molecule has 0 radical (unpaired) electrons. The summed E-state index contributed by atoms with van der Waals surface area (Å²) in [6.07, 6.45) is 0. The fourth-order valence-corrected chi connectivity index (χ4v) is 1.46. The van der Waals surface area contributed by atoms with Gasteiger partial charge in [0.1, 0.15) is 5.75 Å². The van der Waals surface area contributed by atoms with Gasteiger partial charge in [-0.05, 0) is 11.5 Å². The molecule has 0 atom stereocenters. The Morgan fingerprint density at radius 1 is 1.19 bits per heavy atom. The third kappa shape index (κ3) is 2.98. The number of benzene rings is 2. The van der Waals surface area contributed by atoms with Gasteiger partial charge in [0.05, 0.1) is 0 Å². The van der Waals surface area contributed by atoms with Crippen LogP contribution in [0, 0.1) is 0 Å². The molecule has 1 N–H and O–H groups in total. The van der Waals surface area contributed by atoms with Gasteiger partial charge in [-0.2, -0.15) is 0 Å². The number of carboxylic acid groups (broad SMARTS) is 1. The van der Waals surface area contributed by atoms with E-state index in [1.54, 1.807) is 6.07 Å². The largest absolute Gasteiger partial charge is 1.00 e. The number of carboxylic acids is 1. The monoisotopic (exact) mass is 226 g/mol.